The van der Waals surface area contributed by atoms with Gasteiger partial charge in [-0.05, 0) is 0 Å². The summed E-state index contributed by atoms with van der Waals surface area (Å²) in [6.07, 6.45) is 1.17. The normalized spacial score (nSPS) is 13.5. The highest BCUT2D eigenvalue weighted by Gasteiger charge is 2.24. The van der Waals surface area contributed by atoms with E-state index < -0.39 is 12.0 Å². The maximum absolute atomic E-state index is 10.7. The first-order valence-electron chi connectivity index (χ1n) is 4.78. The topological polar surface area (TPSA) is 109 Å². The summed E-state index contributed by atoms with van der Waals surface area (Å²) in [5.41, 5.74) is 5.01. The Morgan fingerprint density at radius 3 is 2.50 bits per heavy atom. The van der Waals surface area contributed by atoms with Gasteiger partial charge in [-0.1, -0.05) is 20.8 Å². The molecule has 1 atom stereocenters. The summed E-state index contributed by atoms with van der Waals surface area (Å²) in [6.45, 7) is 5.65. The van der Waals surface area contributed by atoms with Gasteiger partial charge in [0.1, 0.15) is 17.6 Å². The lowest BCUT2D eigenvalue weighted by Crippen LogP contribution is -2.25. The van der Waals surface area contributed by atoms with Crippen molar-refractivity contribution in [2.45, 2.75) is 32.2 Å². The molecule has 0 saturated heterocycles. The van der Waals surface area contributed by atoms with Crippen molar-refractivity contribution in [3.05, 3.63) is 17.7 Å². The molecule has 0 aromatic carbocycles. The number of aliphatic carboxylic acids is 1. The van der Waals surface area contributed by atoms with Gasteiger partial charge >= 0.3 is 5.97 Å². The molecule has 1 heterocycles. The zero-order chi connectivity index (χ0) is 12.5. The number of aromatic nitrogens is 2. The van der Waals surface area contributed by atoms with Crippen LogP contribution in [0.25, 0.3) is 0 Å². The second-order valence-corrected chi connectivity index (χ2v) is 4.53. The van der Waals surface area contributed by atoms with Crippen molar-refractivity contribution in [3.63, 3.8) is 0 Å². The van der Waals surface area contributed by atoms with Gasteiger partial charge in [-0.15, -0.1) is 0 Å². The van der Waals surface area contributed by atoms with Crippen LogP contribution in [0.2, 0.25) is 0 Å². The van der Waals surface area contributed by atoms with Crippen molar-refractivity contribution in [3.8, 4) is 5.75 Å². The van der Waals surface area contributed by atoms with Crippen LogP contribution in [0.4, 0.5) is 0 Å². The van der Waals surface area contributed by atoms with Crippen molar-refractivity contribution < 1.29 is 15.0 Å². The van der Waals surface area contributed by atoms with Gasteiger partial charge in [0.15, 0.2) is 5.75 Å². The van der Waals surface area contributed by atoms with Crippen LogP contribution in [0.1, 0.15) is 38.3 Å². The van der Waals surface area contributed by atoms with E-state index in [9.17, 15) is 9.90 Å². The largest absolute Gasteiger partial charge is 0.504 e. The molecule has 1 aromatic rings. The van der Waals surface area contributed by atoms with E-state index in [4.69, 9.17) is 10.8 Å². The van der Waals surface area contributed by atoms with Gasteiger partial charge in [0.2, 0.25) is 0 Å². The van der Waals surface area contributed by atoms with Gasteiger partial charge in [0.05, 0.1) is 6.20 Å². The van der Waals surface area contributed by atoms with E-state index in [1.807, 2.05) is 20.8 Å². The highest BCUT2D eigenvalue weighted by molar-refractivity contribution is 5.75. The average molecular weight is 225 g/mol. The third-order valence-electron chi connectivity index (χ3n) is 2.03. The molecule has 0 fully saturated rings. The van der Waals surface area contributed by atoms with Crippen LogP contribution in [0, 0.1) is 0 Å². The van der Waals surface area contributed by atoms with E-state index in [0.29, 0.717) is 5.82 Å². The lowest BCUT2D eigenvalue weighted by molar-refractivity contribution is -0.138. The van der Waals surface area contributed by atoms with E-state index >= 15 is 0 Å². The summed E-state index contributed by atoms with van der Waals surface area (Å²) < 4.78 is 0. The van der Waals surface area contributed by atoms with Crippen molar-refractivity contribution in [1.29, 1.82) is 0 Å². The Hall–Kier alpha value is -1.69. The highest BCUT2D eigenvalue weighted by atomic mass is 16.4. The van der Waals surface area contributed by atoms with Crippen molar-refractivity contribution in [1.82, 2.24) is 9.97 Å². The van der Waals surface area contributed by atoms with Crippen LogP contribution in [0.5, 0.6) is 5.75 Å². The van der Waals surface area contributed by atoms with Gasteiger partial charge in [-0.25, -0.2) is 9.97 Å². The van der Waals surface area contributed by atoms with Gasteiger partial charge in [-0.2, -0.15) is 0 Å². The zero-order valence-electron chi connectivity index (χ0n) is 9.43. The molecule has 0 saturated carbocycles. The summed E-state index contributed by atoms with van der Waals surface area (Å²) in [4.78, 5) is 18.7. The predicted octanol–water partition coefficient (Wildman–Crippen LogP) is 0.564. The third kappa shape index (κ3) is 2.46. The Morgan fingerprint density at radius 2 is 2.06 bits per heavy atom. The Morgan fingerprint density at radius 1 is 1.50 bits per heavy atom. The maximum atomic E-state index is 10.7. The molecule has 0 amide bonds. The lowest BCUT2D eigenvalue weighted by Gasteiger charge is -2.18. The molecular formula is C10H15N3O3. The molecule has 0 aliphatic heterocycles. The Kier molecular flexibility index (Phi) is 3.14. The van der Waals surface area contributed by atoms with E-state index in [2.05, 4.69) is 9.97 Å². The first kappa shape index (κ1) is 12.4. The van der Waals surface area contributed by atoms with E-state index in [1.54, 1.807) is 0 Å². The predicted molar refractivity (Wildman–Crippen MR) is 57.0 cm³/mol. The average Bonchev–Trinajstić information content (AvgIpc) is 2.15. The number of carboxylic acids is 1. The van der Waals surface area contributed by atoms with E-state index in [0.717, 1.165) is 0 Å². The maximum Gasteiger partial charge on any atom is 0.326 e. The van der Waals surface area contributed by atoms with Crippen molar-refractivity contribution in [2.75, 3.05) is 0 Å². The molecule has 16 heavy (non-hydrogen) atoms. The number of carbonyl (C=O) groups is 1. The zero-order valence-corrected chi connectivity index (χ0v) is 9.43. The number of hydrogen-bond acceptors (Lipinski definition) is 5. The monoisotopic (exact) mass is 225 g/mol. The Bertz CT molecular complexity index is 412. The first-order chi connectivity index (χ1) is 7.23. The fourth-order valence-corrected chi connectivity index (χ4v) is 1.10. The molecule has 88 valence electrons. The summed E-state index contributed by atoms with van der Waals surface area (Å²) in [5, 5.41) is 18.2. The van der Waals surface area contributed by atoms with Crippen LogP contribution in [0.15, 0.2) is 6.20 Å². The lowest BCUT2D eigenvalue weighted by atomic mass is 9.95. The molecule has 0 spiro atoms. The summed E-state index contributed by atoms with van der Waals surface area (Å²) in [5.74, 6) is -1.10. The van der Waals surface area contributed by atoms with Crippen LogP contribution >= 0.6 is 0 Å². The number of hydrogen-bond donors (Lipinski definition) is 3. The van der Waals surface area contributed by atoms with Crippen LogP contribution < -0.4 is 5.73 Å². The molecule has 6 nitrogen and oxygen atoms in total. The molecule has 4 N–H and O–H groups in total. The second-order valence-electron chi connectivity index (χ2n) is 4.53. The minimum absolute atomic E-state index is 0.0626. The molecule has 6 heteroatoms. The number of nitrogens with zero attached hydrogens (tertiary/aromatic N) is 2. The molecule has 0 bridgehead atoms. The number of aromatic hydroxyl groups is 1. The standard InChI is InChI=1S/C10H15N3O3/c1-10(2,3)9-12-4-5(14)7(13-9)6(11)8(15)16/h4,6,14H,11H2,1-3H3,(H,15,16). The number of carboxylic acid groups (broad SMARTS) is 1. The molecular weight excluding hydrogens is 210 g/mol. The number of nitrogens with two attached hydrogens (primary N) is 1. The summed E-state index contributed by atoms with van der Waals surface area (Å²) >= 11 is 0. The van der Waals surface area contributed by atoms with Gasteiger partial charge < -0.3 is 15.9 Å². The summed E-state index contributed by atoms with van der Waals surface area (Å²) in [7, 11) is 0. The van der Waals surface area contributed by atoms with Crippen LogP contribution in [-0.2, 0) is 10.2 Å². The fourth-order valence-electron chi connectivity index (χ4n) is 1.10. The minimum Gasteiger partial charge on any atom is -0.504 e. The number of rotatable bonds is 2. The SMILES string of the molecule is CC(C)(C)c1ncc(O)c(C(N)C(=O)O)n1. The minimum atomic E-state index is -1.34. The quantitative estimate of drug-likeness (QED) is 0.678. The van der Waals surface area contributed by atoms with E-state index in [-0.39, 0.29) is 16.9 Å². The molecule has 0 aliphatic carbocycles. The van der Waals surface area contributed by atoms with E-state index in [1.165, 1.54) is 6.20 Å². The van der Waals surface area contributed by atoms with Crippen molar-refractivity contribution >= 4 is 5.97 Å². The first-order valence-corrected chi connectivity index (χ1v) is 4.78. The van der Waals surface area contributed by atoms with Gasteiger partial charge in [0.25, 0.3) is 0 Å². The Labute approximate surface area is 93.2 Å². The fraction of sp³-hybridized carbons (Fsp3) is 0.500. The highest BCUT2D eigenvalue weighted by Crippen LogP contribution is 2.24. The molecule has 0 aliphatic rings. The molecule has 1 aromatic heterocycles. The van der Waals surface area contributed by atoms with Crippen molar-refractivity contribution in [2.24, 2.45) is 5.73 Å². The van der Waals surface area contributed by atoms with Crippen LogP contribution in [-0.4, -0.2) is 26.2 Å². The molecule has 1 rings (SSSR count). The third-order valence-corrected chi connectivity index (χ3v) is 2.03. The van der Waals surface area contributed by atoms with Gasteiger partial charge in [0, 0.05) is 5.41 Å². The van der Waals surface area contributed by atoms with Gasteiger partial charge in [-0.3, -0.25) is 4.79 Å². The second kappa shape index (κ2) is 4.05. The molecule has 1 unspecified atom stereocenters. The molecule has 0 radical (unpaired) electrons. The summed E-state index contributed by atoms with van der Waals surface area (Å²) in [6, 6.07) is -1.34. The Balaban J connectivity index is 3.24. The smallest absolute Gasteiger partial charge is 0.326 e. The van der Waals surface area contributed by atoms with Crippen LogP contribution in [0.3, 0.4) is 0 Å².